The van der Waals surface area contributed by atoms with Gasteiger partial charge >= 0.3 is 0 Å². The maximum absolute atomic E-state index is 9.95. The predicted octanol–water partition coefficient (Wildman–Crippen LogP) is 2.70. The topological polar surface area (TPSA) is 32.8 Å². The summed E-state index contributed by atoms with van der Waals surface area (Å²) in [7, 11) is 0. The number of aliphatic hydroxyl groups is 1. The van der Waals surface area contributed by atoms with Crippen molar-refractivity contribution < 1.29 is 9.84 Å². The second-order valence-electron chi connectivity index (χ2n) is 4.45. The van der Waals surface area contributed by atoms with E-state index in [-0.39, 0.29) is 12.2 Å². The highest BCUT2D eigenvalue weighted by molar-refractivity contribution is 5.22. The Morgan fingerprint density at radius 3 is 2.75 bits per heavy atom. The molecule has 2 rings (SSSR count). The lowest BCUT2D eigenvalue weighted by Crippen LogP contribution is -2.17. The smallest absolute Gasteiger partial charge is 0.115 e. The third-order valence-electron chi connectivity index (χ3n) is 3.05. The van der Waals surface area contributed by atoms with Gasteiger partial charge in [0.25, 0.3) is 0 Å². The number of benzene rings is 1. The molecule has 1 aromatic carbocycles. The van der Waals surface area contributed by atoms with Gasteiger partial charge in [-0.3, -0.25) is 0 Å². The Labute approximate surface area is 96.6 Å². The Hall–Kier alpha value is -1.12. The van der Waals surface area contributed by atoms with Gasteiger partial charge in [0.15, 0.2) is 0 Å². The average Bonchev–Trinajstić information content (AvgIpc) is 3.10. The summed E-state index contributed by atoms with van der Waals surface area (Å²) in [5.41, 5.74) is 1.15. The molecule has 0 aliphatic carbocycles. The Morgan fingerprint density at radius 2 is 2.12 bits per heavy atom. The van der Waals surface area contributed by atoms with Crippen LogP contribution in [0.15, 0.2) is 43.0 Å². The van der Waals surface area contributed by atoms with Crippen LogP contribution in [0.25, 0.3) is 0 Å². The van der Waals surface area contributed by atoms with Gasteiger partial charge in [0.05, 0.1) is 6.10 Å². The zero-order valence-corrected chi connectivity index (χ0v) is 9.54. The molecular formula is C14H18O2. The summed E-state index contributed by atoms with van der Waals surface area (Å²) < 4.78 is 5.53. The molecule has 0 aromatic heterocycles. The summed E-state index contributed by atoms with van der Waals surface area (Å²) in [5.74, 6) is 0.329. The number of hydrogen-bond donors (Lipinski definition) is 1. The highest BCUT2D eigenvalue weighted by Gasteiger charge is 2.45. The molecule has 0 amide bonds. The van der Waals surface area contributed by atoms with Crippen molar-refractivity contribution in [1.29, 1.82) is 0 Å². The van der Waals surface area contributed by atoms with E-state index in [9.17, 15) is 5.11 Å². The molecule has 1 heterocycles. The second kappa shape index (κ2) is 4.81. The summed E-state index contributed by atoms with van der Waals surface area (Å²) in [6, 6.07) is 10.0. The first-order valence-electron chi connectivity index (χ1n) is 5.73. The fraction of sp³-hybridized carbons (Fsp3) is 0.429. The van der Waals surface area contributed by atoms with Crippen molar-refractivity contribution >= 4 is 0 Å². The van der Waals surface area contributed by atoms with Crippen LogP contribution in [0.5, 0.6) is 0 Å². The average molecular weight is 218 g/mol. The van der Waals surface area contributed by atoms with Crippen LogP contribution in [0.1, 0.15) is 25.0 Å². The molecule has 0 unspecified atom stereocenters. The highest BCUT2D eigenvalue weighted by Crippen LogP contribution is 2.41. The van der Waals surface area contributed by atoms with Crippen molar-refractivity contribution in [2.45, 2.75) is 31.7 Å². The lowest BCUT2D eigenvalue weighted by atomic mass is 9.99. The van der Waals surface area contributed by atoms with Gasteiger partial charge in [-0.1, -0.05) is 43.3 Å². The molecule has 2 heteroatoms. The largest absolute Gasteiger partial charge is 0.390 e. The molecule has 1 N–H and O–H groups in total. The van der Waals surface area contributed by atoms with Crippen LogP contribution in [0.2, 0.25) is 0 Å². The predicted molar refractivity (Wildman–Crippen MR) is 64.0 cm³/mol. The first-order valence-corrected chi connectivity index (χ1v) is 5.73. The van der Waals surface area contributed by atoms with E-state index in [1.807, 2.05) is 36.4 Å². The van der Waals surface area contributed by atoms with Gasteiger partial charge in [-0.25, -0.2) is 0 Å². The van der Waals surface area contributed by atoms with Crippen molar-refractivity contribution in [2.75, 3.05) is 0 Å². The molecular weight excluding hydrogens is 200 g/mol. The van der Waals surface area contributed by atoms with Crippen LogP contribution in [-0.4, -0.2) is 17.3 Å². The van der Waals surface area contributed by atoms with E-state index in [4.69, 9.17) is 4.74 Å². The van der Waals surface area contributed by atoms with E-state index in [0.29, 0.717) is 5.92 Å². The van der Waals surface area contributed by atoms with Gasteiger partial charge in [0.2, 0.25) is 0 Å². The van der Waals surface area contributed by atoms with Crippen LogP contribution >= 0.6 is 0 Å². The van der Waals surface area contributed by atoms with Gasteiger partial charge in [0.1, 0.15) is 12.2 Å². The van der Waals surface area contributed by atoms with Gasteiger partial charge in [0, 0.05) is 0 Å². The van der Waals surface area contributed by atoms with E-state index < -0.39 is 6.10 Å². The fourth-order valence-electron chi connectivity index (χ4n) is 1.94. The highest BCUT2D eigenvalue weighted by atomic mass is 16.6. The van der Waals surface area contributed by atoms with Crippen molar-refractivity contribution in [2.24, 2.45) is 5.92 Å². The van der Waals surface area contributed by atoms with Crippen molar-refractivity contribution in [3.05, 3.63) is 48.6 Å². The van der Waals surface area contributed by atoms with E-state index in [1.54, 1.807) is 0 Å². The number of epoxide rings is 1. The molecule has 2 nitrogen and oxygen atoms in total. The zero-order valence-electron chi connectivity index (χ0n) is 9.54. The Morgan fingerprint density at radius 1 is 1.44 bits per heavy atom. The lowest BCUT2D eigenvalue weighted by Gasteiger charge is -2.10. The number of allylic oxidation sites excluding steroid dienone is 1. The minimum Gasteiger partial charge on any atom is -0.390 e. The summed E-state index contributed by atoms with van der Waals surface area (Å²) in [6.07, 6.45) is 2.23. The van der Waals surface area contributed by atoms with E-state index in [2.05, 4.69) is 13.5 Å². The second-order valence-corrected chi connectivity index (χ2v) is 4.45. The third-order valence-corrected chi connectivity index (χ3v) is 3.05. The van der Waals surface area contributed by atoms with Crippen LogP contribution in [0.4, 0.5) is 0 Å². The molecule has 0 bridgehead atoms. The molecule has 1 aliphatic rings. The Kier molecular flexibility index (Phi) is 3.42. The Balaban J connectivity index is 1.89. The van der Waals surface area contributed by atoms with Crippen LogP contribution in [-0.2, 0) is 4.74 Å². The maximum atomic E-state index is 9.95. The standard InChI is InChI=1S/C14H18O2/c1-3-10(2)9-12(15)14-13(16-14)11-7-5-4-6-8-11/h3-8,10,12-15H,1,9H2,2H3/t10-,12+,13+,14+/m0/s1. The number of hydrogen-bond acceptors (Lipinski definition) is 2. The zero-order chi connectivity index (χ0) is 11.5. The minimum absolute atomic E-state index is 0.0372. The van der Waals surface area contributed by atoms with Crippen molar-refractivity contribution in [3.8, 4) is 0 Å². The first kappa shape index (κ1) is 11.4. The van der Waals surface area contributed by atoms with Crippen molar-refractivity contribution in [3.63, 3.8) is 0 Å². The number of ether oxygens (including phenoxy) is 1. The van der Waals surface area contributed by atoms with Gasteiger partial charge in [-0.2, -0.15) is 0 Å². The number of aliphatic hydroxyl groups excluding tert-OH is 1. The van der Waals surface area contributed by atoms with E-state index >= 15 is 0 Å². The summed E-state index contributed by atoms with van der Waals surface area (Å²) in [6.45, 7) is 5.77. The van der Waals surface area contributed by atoms with Crippen LogP contribution in [0, 0.1) is 5.92 Å². The normalized spacial score (nSPS) is 27.1. The molecule has 1 aromatic rings. The molecule has 0 radical (unpaired) electrons. The van der Waals surface area contributed by atoms with Crippen LogP contribution < -0.4 is 0 Å². The molecule has 0 saturated carbocycles. The van der Waals surface area contributed by atoms with E-state index in [1.165, 1.54) is 0 Å². The summed E-state index contributed by atoms with van der Waals surface area (Å²) in [4.78, 5) is 0. The van der Waals surface area contributed by atoms with Gasteiger partial charge < -0.3 is 9.84 Å². The van der Waals surface area contributed by atoms with Crippen molar-refractivity contribution in [1.82, 2.24) is 0 Å². The maximum Gasteiger partial charge on any atom is 0.115 e. The van der Waals surface area contributed by atoms with Crippen LogP contribution in [0.3, 0.4) is 0 Å². The third kappa shape index (κ3) is 2.52. The Bertz CT molecular complexity index is 347. The molecule has 0 spiro atoms. The SMILES string of the molecule is C=C[C@H](C)C[C@@H](O)[C@H]1O[C@@H]1c1ccccc1. The van der Waals surface area contributed by atoms with E-state index in [0.717, 1.165) is 12.0 Å². The summed E-state index contributed by atoms with van der Waals surface area (Å²) >= 11 is 0. The summed E-state index contributed by atoms with van der Waals surface area (Å²) in [5, 5.41) is 9.95. The molecule has 1 saturated heterocycles. The molecule has 86 valence electrons. The molecule has 4 atom stereocenters. The van der Waals surface area contributed by atoms with Gasteiger partial charge in [-0.15, -0.1) is 6.58 Å². The quantitative estimate of drug-likeness (QED) is 0.609. The minimum atomic E-state index is -0.391. The lowest BCUT2D eigenvalue weighted by molar-refractivity contribution is 0.117. The monoisotopic (exact) mass is 218 g/mol. The molecule has 1 aliphatic heterocycles. The van der Waals surface area contributed by atoms with Gasteiger partial charge in [-0.05, 0) is 17.9 Å². The molecule has 16 heavy (non-hydrogen) atoms. The fourth-order valence-corrected chi connectivity index (χ4v) is 1.94. The first-order chi connectivity index (χ1) is 7.72. The molecule has 1 fully saturated rings. The number of rotatable bonds is 5.